The van der Waals surface area contributed by atoms with Gasteiger partial charge in [-0.1, -0.05) is 42.5 Å². The maximum atomic E-state index is 13.8. The van der Waals surface area contributed by atoms with Gasteiger partial charge in [-0.2, -0.15) is 0 Å². The summed E-state index contributed by atoms with van der Waals surface area (Å²) in [4.78, 5) is 33.5. The van der Waals surface area contributed by atoms with Gasteiger partial charge in [-0.05, 0) is 55.3 Å². The Hall–Kier alpha value is -4.00. The lowest BCUT2D eigenvalue weighted by molar-refractivity contribution is -0.142. The van der Waals surface area contributed by atoms with Crippen LogP contribution in [0.3, 0.4) is 0 Å². The van der Waals surface area contributed by atoms with Gasteiger partial charge in [-0.25, -0.2) is 9.37 Å². The van der Waals surface area contributed by atoms with Crippen LogP contribution >= 0.6 is 0 Å². The molecule has 1 aromatic heterocycles. The summed E-state index contributed by atoms with van der Waals surface area (Å²) in [5.41, 5.74) is 3.78. The van der Waals surface area contributed by atoms with Crippen LogP contribution < -0.4 is 5.32 Å². The molecule has 0 radical (unpaired) electrons. The Balaban J connectivity index is 1.51. The Kier molecular flexibility index (Phi) is 5.61. The molecule has 1 aliphatic heterocycles. The van der Waals surface area contributed by atoms with Crippen LogP contribution in [0.2, 0.25) is 0 Å². The van der Waals surface area contributed by atoms with Crippen LogP contribution in [-0.4, -0.2) is 26.3 Å². The number of carbonyl (C=O) groups excluding carboxylic acids is 2. The molecule has 2 heterocycles. The van der Waals surface area contributed by atoms with Crippen molar-refractivity contribution >= 4 is 28.5 Å². The van der Waals surface area contributed by atoms with E-state index in [1.54, 1.807) is 11.8 Å². The first kappa shape index (κ1) is 21.8. The van der Waals surface area contributed by atoms with E-state index < -0.39 is 6.04 Å². The lowest BCUT2D eigenvalue weighted by Gasteiger charge is -2.38. The van der Waals surface area contributed by atoms with Crippen molar-refractivity contribution in [1.29, 1.82) is 0 Å². The minimum Gasteiger partial charge on any atom is -0.327 e. The zero-order valence-electron chi connectivity index (χ0n) is 19.0. The van der Waals surface area contributed by atoms with Crippen molar-refractivity contribution in [2.75, 3.05) is 5.32 Å². The number of nitrogens with one attached hydrogen (secondary N) is 1. The number of aryl methyl sites for hydroxylation is 1. The first-order valence-electron chi connectivity index (χ1n) is 11.3. The number of halogens is 1. The number of anilines is 1. The Morgan fingerprint density at radius 2 is 1.79 bits per heavy atom. The van der Waals surface area contributed by atoms with Crippen molar-refractivity contribution in [3.63, 3.8) is 0 Å². The highest BCUT2D eigenvalue weighted by atomic mass is 19.1. The summed E-state index contributed by atoms with van der Waals surface area (Å²) in [6.07, 6.45) is -0.0545. The molecule has 0 unspecified atom stereocenters. The number of hydrogen-bond acceptors (Lipinski definition) is 3. The Morgan fingerprint density at radius 3 is 2.56 bits per heavy atom. The summed E-state index contributed by atoms with van der Waals surface area (Å²) in [7, 11) is 0. The van der Waals surface area contributed by atoms with E-state index in [1.165, 1.54) is 18.2 Å². The van der Waals surface area contributed by atoms with Crippen LogP contribution in [0, 0.1) is 12.7 Å². The summed E-state index contributed by atoms with van der Waals surface area (Å²) in [5, 5.41) is 2.84. The molecule has 0 fully saturated rings. The molecule has 1 aliphatic rings. The molecule has 5 rings (SSSR count). The number of imidazole rings is 1. The lowest BCUT2D eigenvalue weighted by Crippen LogP contribution is -2.45. The molecule has 0 spiro atoms. The molecule has 0 saturated carbocycles. The van der Waals surface area contributed by atoms with Crippen LogP contribution in [-0.2, 0) is 16.1 Å². The fourth-order valence-electron chi connectivity index (χ4n) is 4.64. The monoisotopic (exact) mass is 456 g/mol. The summed E-state index contributed by atoms with van der Waals surface area (Å²) >= 11 is 0. The summed E-state index contributed by atoms with van der Waals surface area (Å²) in [6.45, 7) is 4.13. The van der Waals surface area contributed by atoms with Crippen molar-refractivity contribution in [3.8, 4) is 0 Å². The van der Waals surface area contributed by atoms with E-state index >= 15 is 0 Å². The molecule has 2 atom stereocenters. The van der Waals surface area contributed by atoms with E-state index in [9.17, 15) is 14.0 Å². The molecular weight excluding hydrogens is 431 g/mol. The second-order valence-electron chi connectivity index (χ2n) is 8.68. The number of amides is 2. The van der Waals surface area contributed by atoms with Crippen molar-refractivity contribution in [3.05, 3.63) is 95.6 Å². The van der Waals surface area contributed by atoms with E-state index in [2.05, 4.69) is 5.32 Å². The fraction of sp³-hybridized carbons (Fsp3) is 0.222. The van der Waals surface area contributed by atoms with E-state index in [0.29, 0.717) is 17.8 Å². The van der Waals surface area contributed by atoms with Crippen LogP contribution in [0.5, 0.6) is 0 Å². The summed E-state index contributed by atoms with van der Waals surface area (Å²) < 4.78 is 15.4. The average Bonchev–Trinajstić information content (AvgIpc) is 3.22. The van der Waals surface area contributed by atoms with Gasteiger partial charge in [0.2, 0.25) is 11.8 Å². The van der Waals surface area contributed by atoms with E-state index in [-0.39, 0.29) is 30.1 Å². The van der Waals surface area contributed by atoms with Crippen molar-refractivity contribution < 1.29 is 14.0 Å². The van der Waals surface area contributed by atoms with Crippen LogP contribution in [0.25, 0.3) is 11.0 Å². The van der Waals surface area contributed by atoms with Crippen LogP contribution in [0.1, 0.15) is 42.4 Å². The second-order valence-corrected chi connectivity index (χ2v) is 8.68. The second kappa shape index (κ2) is 8.74. The number of fused-ring (bicyclic) bond motifs is 3. The Labute approximate surface area is 197 Å². The van der Waals surface area contributed by atoms with Crippen molar-refractivity contribution in [2.45, 2.75) is 38.9 Å². The molecule has 1 N–H and O–H groups in total. The predicted molar refractivity (Wildman–Crippen MR) is 129 cm³/mol. The predicted octanol–water partition coefficient (Wildman–Crippen LogP) is 5.16. The number of hydrogen-bond donors (Lipinski definition) is 1. The number of aromatic nitrogens is 2. The van der Waals surface area contributed by atoms with E-state index in [4.69, 9.17) is 4.98 Å². The maximum Gasteiger partial charge on any atom is 0.247 e. The third kappa shape index (κ3) is 3.94. The number of rotatable bonds is 5. The fourth-order valence-corrected chi connectivity index (χ4v) is 4.64. The van der Waals surface area contributed by atoms with Gasteiger partial charge in [0.15, 0.2) is 0 Å². The highest BCUT2D eigenvalue weighted by molar-refractivity contribution is 5.96. The van der Waals surface area contributed by atoms with Gasteiger partial charge in [0, 0.05) is 12.2 Å². The Morgan fingerprint density at radius 1 is 1.06 bits per heavy atom. The van der Waals surface area contributed by atoms with Gasteiger partial charge >= 0.3 is 0 Å². The topological polar surface area (TPSA) is 67.2 Å². The summed E-state index contributed by atoms with van der Waals surface area (Å²) in [6, 6.07) is 20.7. The van der Waals surface area contributed by atoms with Crippen LogP contribution in [0.4, 0.5) is 10.1 Å². The SMILES string of the molecule is Cc1cc(F)ccc1NC(=O)C[C@@H]1C(=O)N(Cc2ccccc2)[C@@H](C)c2nc3ccccc3n21. The highest BCUT2D eigenvalue weighted by Gasteiger charge is 2.40. The first-order chi connectivity index (χ1) is 16.4. The highest BCUT2D eigenvalue weighted by Crippen LogP contribution is 2.37. The molecule has 0 bridgehead atoms. The minimum absolute atomic E-state index is 0.0545. The third-order valence-electron chi connectivity index (χ3n) is 6.38. The first-order valence-corrected chi connectivity index (χ1v) is 11.3. The number of para-hydroxylation sites is 2. The largest absolute Gasteiger partial charge is 0.327 e. The smallest absolute Gasteiger partial charge is 0.247 e. The molecule has 7 heteroatoms. The quantitative estimate of drug-likeness (QED) is 0.451. The zero-order chi connectivity index (χ0) is 23.8. The molecule has 4 aromatic rings. The molecular formula is C27H25FN4O2. The van der Waals surface area contributed by atoms with Gasteiger partial charge in [0.1, 0.15) is 17.7 Å². The number of nitrogens with zero attached hydrogens (tertiary/aromatic N) is 3. The number of carbonyl (C=O) groups is 2. The third-order valence-corrected chi connectivity index (χ3v) is 6.38. The van der Waals surface area contributed by atoms with E-state index in [0.717, 1.165) is 22.4 Å². The normalized spacial score (nSPS) is 17.6. The van der Waals surface area contributed by atoms with Gasteiger partial charge in [0.25, 0.3) is 0 Å². The van der Waals surface area contributed by atoms with Crippen LogP contribution in [0.15, 0.2) is 72.8 Å². The molecule has 0 saturated heterocycles. The zero-order valence-corrected chi connectivity index (χ0v) is 19.0. The van der Waals surface area contributed by atoms with Gasteiger partial charge in [-0.15, -0.1) is 0 Å². The number of benzene rings is 3. The average molecular weight is 457 g/mol. The van der Waals surface area contributed by atoms with Gasteiger partial charge in [-0.3, -0.25) is 9.59 Å². The minimum atomic E-state index is -0.733. The molecule has 2 amide bonds. The Bertz CT molecular complexity index is 1380. The molecule has 3 aromatic carbocycles. The lowest BCUT2D eigenvalue weighted by atomic mass is 10.0. The van der Waals surface area contributed by atoms with Crippen molar-refractivity contribution in [1.82, 2.24) is 14.5 Å². The maximum absolute atomic E-state index is 13.8. The molecule has 172 valence electrons. The molecule has 34 heavy (non-hydrogen) atoms. The van der Waals surface area contributed by atoms with Gasteiger partial charge < -0.3 is 14.8 Å². The summed E-state index contributed by atoms with van der Waals surface area (Å²) in [5.74, 6) is -0.0468. The van der Waals surface area contributed by atoms with Gasteiger partial charge in [0.05, 0.1) is 23.5 Å². The van der Waals surface area contributed by atoms with Crippen molar-refractivity contribution in [2.24, 2.45) is 0 Å². The van der Waals surface area contributed by atoms with E-state index in [1.807, 2.05) is 66.1 Å². The molecule has 6 nitrogen and oxygen atoms in total. The standard InChI is InChI=1S/C27H25FN4O2/c1-17-14-20(28)12-13-21(17)29-25(33)15-24-27(34)31(16-19-8-4-3-5-9-19)18(2)26-30-22-10-6-7-11-23(22)32(24)26/h3-14,18,24H,15-16H2,1-2H3,(H,29,33)/t18-,24+/m0/s1. The molecule has 0 aliphatic carbocycles.